The zero-order chi connectivity index (χ0) is 85.7. The Morgan fingerprint density at radius 2 is 1.05 bits per heavy atom. The summed E-state index contributed by atoms with van der Waals surface area (Å²) in [5, 5.41) is 50.6. The standard InChI is InChI=1S/C83H105ClN18O16/c1-46(2)37-62(74(109)93-61(16-9-10-35-88-47(3)4)81(116)102-36-12-17-69(102)80(115)89-48(5)71(85)106)94-75(110)64(40-53-23-31-59(32-24-53)92-82(86)117)96-77(112)65(41-52-21-29-58(30-22-52)91-73(108)67-43-70(105)101-83(118)100-67)98-79(114)68(45-103)99-78(113)66(42-54-13-11-34-87-44-54)97-76(111)63(39-51-19-27-57(84)28-20-51)95-72(107)60(90-49(6)104)33-25-50-18-26-55-14-7-8-15-56(55)38-50/h7-8,11,13-15,18-24,26-32,34,38,44,46-48,60-69,88,103H,9-10,12,16-17,25,33,35-37,39-43,45H2,1-6H3,(H2,85,106)(H,89,115)(H,90,104)(H,91,108)(H,93,109)(H,94,110)(H,95,107)(H,96,112)(H,97,111)(H,98,114)(H,99,113)(H3,86,92,117)(H2,100,101,105,118)/t48-,60-,61+,62+,63-,64-,65+,66-,67+,68+,69+/m1/s1. The molecule has 19 N–H and O–H groups in total. The number of aryl methyl sites for hydroxylation is 1. The Hall–Kier alpha value is -12.4. The summed E-state index contributed by atoms with van der Waals surface area (Å²) >= 11 is 6.27. The molecule has 0 radical (unpaired) electrons. The van der Waals surface area contributed by atoms with Gasteiger partial charge in [0.1, 0.15) is 66.5 Å². The minimum atomic E-state index is -1.92. The number of aromatic nitrogens is 1. The third-order valence-corrected chi connectivity index (χ3v) is 20.0. The number of aliphatic hydroxyl groups excluding tert-OH is 1. The van der Waals surface area contributed by atoms with E-state index in [2.05, 4.69) is 79.4 Å². The van der Waals surface area contributed by atoms with E-state index in [1.807, 2.05) is 56.3 Å². The summed E-state index contributed by atoms with van der Waals surface area (Å²) in [7, 11) is 0. The number of hydrogen-bond acceptors (Lipinski definition) is 18. The molecule has 6 aromatic rings. The van der Waals surface area contributed by atoms with Gasteiger partial charge in [0.05, 0.1) is 13.0 Å². The highest BCUT2D eigenvalue weighted by atomic mass is 35.5. The Bertz CT molecular complexity index is 4540. The number of nitrogens with two attached hydrogens (primary N) is 2. The predicted molar refractivity (Wildman–Crippen MR) is 439 cm³/mol. The van der Waals surface area contributed by atoms with Crippen molar-refractivity contribution >= 4 is 123 Å². The molecule has 11 atom stereocenters. The second-order valence-corrected chi connectivity index (χ2v) is 30.5. The average molecular weight is 1650 g/mol. The van der Waals surface area contributed by atoms with E-state index in [0.29, 0.717) is 53.9 Å². The predicted octanol–water partition coefficient (Wildman–Crippen LogP) is 1.90. The Morgan fingerprint density at radius 1 is 0.542 bits per heavy atom. The van der Waals surface area contributed by atoms with E-state index in [1.165, 1.54) is 79.7 Å². The molecule has 0 spiro atoms. The first kappa shape index (κ1) is 91.1. The van der Waals surface area contributed by atoms with Gasteiger partial charge in [0.2, 0.25) is 76.8 Å². The van der Waals surface area contributed by atoms with Crippen LogP contribution < -0.4 is 85.9 Å². The lowest BCUT2D eigenvalue weighted by Gasteiger charge is -2.31. The van der Waals surface area contributed by atoms with Gasteiger partial charge in [-0.05, 0) is 152 Å². The monoisotopic (exact) mass is 1640 g/mol. The summed E-state index contributed by atoms with van der Waals surface area (Å²) in [6.07, 6.45) is 3.50. The Morgan fingerprint density at radius 3 is 1.58 bits per heavy atom. The molecule has 1 aromatic heterocycles. The van der Waals surface area contributed by atoms with Crippen molar-refractivity contribution in [2.45, 2.75) is 198 Å². The Balaban J connectivity index is 1.09. The van der Waals surface area contributed by atoms with E-state index < -0.39 is 168 Å². The number of carbonyl (C=O) groups is 15. The average Bonchev–Trinajstić information content (AvgIpc) is 1.60. The van der Waals surface area contributed by atoms with Crippen LogP contribution in [0.2, 0.25) is 5.02 Å². The molecule has 2 fully saturated rings. The van der Waals surface area contributed by atoms with Crippen LogP contribution in [-0.2, 0) is 94.4 Å². The molecule has 5 aromatic carbocycles. The summed E-state index contributed by atoms with van der Waals surface area (Å²) in [4.78, 5) is 213. The van der Waals surface area contributed by atoms with Gasteiger partial charge >= 0.3 is 12.1 Å². The highest BCUT2D eigenvalue weighted by molar-refractivity contribution is 6.30. The van der Waals surface area contributed by atoms with Gasteiger partial charge in [-0.2, -0.15) is 0 Å². The number of carbonyl (C=O) groups excluding carboxylic acids is 15. The number of anilines is 2. The van der Waals surface area contributed by atoms with Crippen LogP contribution in [-0.4, -0.2) is 196 Å². The fourth-order valence-corrected chi connectivity index (χ4v) is 13.7. The third-order valence-electron chi connectivity index (χ3n) is 19.7. The number of imide groups is 1. The number of rotatable bonds is 42. The highest BCUT2D eigenvalue weighted by Gasteiger charge is 2.41. The number of nitrogens with one attached hydrogen (secondary N) is 14. The van der Waals surface area contributed by atoms with Gasteiger partial charge in [0.15, 0.2) is 0 Å². The molecule has 34 nitrogen and oxygen atoms in total. The van der Waals surface area contributed by atoms with E-state index >= 15 is 14.4 Å². The number of hydrogen-bond donors (Lipinski definition) is 17. The molecule has 17 amide bonds. The molecular formula is C83H105ClN18O16. The van der Waals surface area contributed by atoms with Crippen molar-refractivity contribution in [3.63, 3.8) is 0 Å². The van der Waals surface area contributed by atoms with Gasteiger partial charge < -0.3 is 90.6 Å². The van der Waals surface area contributed by atoms with E-state index in [-0.39, 0.29) is 86.8 Å². The van der Waals surface area contributed by atoms with Crippen LogP contribution in [0, 0.1) is 5.92 Å². The fourth-order valence-electron chi connectivity index (χ4n) is 13.5. The first-order valence-electron chi connectivity index (χ1n) is 39.2. The summed E-state index contributed by atoms with van der Waals surface area (Å²) < 4.78 is 0. The van der Waals surface area contributed by atoms with E-state index in [9.17, 15) is 62.6 Å². The van der Waals surface area contributed by atoms with Crippen molar-refractivity contribution in [1.29, 1.82) is 0 Å². The van der Waals surface area contributed by atoms with Crippen molar-refractivity contribution in [3.8, 4) is 0 Å². The molecular weight excluding hydrogens is 1540 g/mol. The lowest BCUT2D eigenvalue weighted by atomic mass is 9.99. The normalized spacial score (nSPS) is 16.1. The van der Waals surface area contributed by atoms with E-state index in [0.717, 1.165) is 16.3 Å². The first-order valence-corrected chi connectivity index (χ1v) is 39.6. The minimum absolute atomic E-state index is 0.0275. The SMILES string of the molecule is CC(=O)N[C@H](CCc1ccc2ccccc2c1)C(=O)N[C@H](Cc1ccc(Cl)cc1)C(=O)N[C@H](Cc1cccnc1)C(=O)N[C@@H](CO)C(=O)N[C@@H](Cc1ccc(NC(=O)[C@@H]2CC(=O)NC(=O)N2)cc1)C(=O)N[C@H](Cc1ccc(NC(N)=O)cc1)C(=O)N[C@@H](CC(C)C)C(=O)N[C@@H](CCCCNC(C)C)C(=O)N1CCC[C@H]1C(=O)N[C@H](C)C(N)=O. The van der Waals surface area contributed by atoms with Crippen LogP contribution in [0.1, 0.15) is 121 Å². The van der Waals surface area contributed by atoms with Gasteiger partial charge in [-0.1, -0.05) is 124 Å². The maximum atomic E-state index is 15.5. The third kappa shape index (κ3) is 28.8. The summed E-state index contributed by atoms with van der Waals surface area (Å²) in [6, 6.07) is 17.9. The van der Waals surface area contributed by atoms with Crippen molar-refractivity contribution < 1.29 is 77.0 Å². The van der Waals surface area contributed by atoms with Crippen molar-refractivity contribution in [2.24, 2.45) is 17.4 Å². The van der Waals surface area contributed by atoms with Gasteiger partial charge in [0.25, 0.3) is 0 Å². The number of aliphatic hydroxyl groups is 1. The topological polar surface area (TPSA) is 513 Å². The van der Waals surface area contributed by atoms with Crippen LogP contribution in [0.5, 0.6) is 0 Å². The minimum Gasteiger partial charge on any atom is -0.394 e. The van der Waals surface area contributed by atoms with Gasteiger partial charge in [0, 0.05) is 74.0 Å². The molecule has 3 heterocycles. The quantitative estimate of drug-likeness (QED) is 0.0243. The number of nitrogens with zero attached hydrogens (tertiary/aromatic N) is 2. The molecule has 35 heteroatoms. The highest BCUT2D eigenvalue weighted by Crippen LogP contribution is 2.24. The van der Waals surface area contributed by atoms with Crippen LogP contribution in [0.25, 0.3) is 10.8 Å². The molecule has 630 valence electrons. The second kappa shape index (κ2) is 44.6. The van der Waals surface area contributed by atoms with E-state index in [4.69, 9.17) is 23.1 Å². The van der Waals surface area contributed by atoms with Gasteiger partial charge in [-0.25, -0.2) is 9.59 Å². The van der Waals surface area contributed by atoms with Crippen LogP contribution in [0.3, 0.4) is 0 Å². The molecule has 2 aliphatic heterocycles. The van der Waals surface area contributed by atoms with E-state index in [1.54, 1.807) is 50.2 Å². The molecule has 2 aliphatic rings. The zero-order valence-corrected chi connectivity index (χ0v) is 67.4. The Labute approximate surface area is 687 Å². The molecule has 0 aliphatic carbocycles. The molecule has 0 bridgehead atoms. The Kier molecular flexibility index (Phi) is 34.4. The number of likely N-dealkylation sites (tertiary alicyclic amines) is 1. The fraction of sp³-hybridized carbons (Fsp3) is 0.422. The summed E-state index contributed by atoms with van der Waals surface area (Å²) in [5.41, 5.74) is 13.8. The number of primary amides is 2. The molecule has 118 heavy (non-hydrogen) atoms. The van der Waals surface area contributed by atoms with Gasteiger partial charge in [-0.3, -0.25) is 72.6 Å². The maximum Gasteiger partial charge on any atom is 0.322 e. The number of amides is 17. The lowest BCUT2D eigenvalue weighted by molar-refractivity contribution is -0.142. The van der Waals surface area contributed by atoms with Crippen molar-refractivity contribution in [2.75, 3.05) is 30.3 Å². The largest absolute Gasteiger partial charge is 0.394 e. The number of benzene rings is 5. The van der Waals surface area contributed by atoms with Gasteiger partial charge in [-0.15, -0.1) is 0 Å². The molecule has 2 saturated heterocycles. The number of urea groups is 2. The van der Waals surface area contributed by atoms with Crippen LogP contribution in [0.15, 0.2) is 140 Å². The van der Waals surface area contributed by atoms with Crippen molar-refractivity contribution in [3.05, 3.63) is 173 Å². The smallest absolute Gasteiger partial charge is 0.322 e. The number of unbranched alkanes of at least 4 members (excludes halogenated alkanes) is 1. The maximum absolute atomic E-state index is 15.5. The molecule has 0 unspecified atom stereocenters. The summed E-state index contributed by atoms with van der Waals surface area (Å²) in [5.74, 6) is -10.9. The molecule has 0 saturated carbocycles. The lowest BCUT2D eigenvalue weighted by Crippen LogP contribution is -2.62. The summed E-state index contributed by atoms with van der Waals surface area (Å²) in [6.45, 7) is 9.76. The van der Waals surface area contributed by atoms with Crippen LogP contribution in [0.4, 0.5) is 21.0 Å². The molecule has 8 rings (SSSR count). The number of halogens is 1. The second-order valence-electron chi connectivity index (χ2n) is 30.1. The first-order chi connectivity index (χ1) is 56.3. The van der Waals surface area contributed by atoms with Crippen molar-refractivity contribution in [1.82, 2.24) is 73.7 Å². The zero-order valence-electron chi connectivity index (χ0n) is 66.6. The van der Waals surface area contributed by atoms with Crippen LogP contribution >= 0.6 is 11.6 Å². The number of pyridine rings is 1. The number of fused-ring (bicyclic) bond motifs is 1.